The molecule has 0 spiro atoms. The van der Waals surface area contributed by atoms with Gasteiger partial charge in [-0.2, -0.15) is 0 Å². The first-order valence-electron chi connectivity index (χ1n) is 7.67. The zero-order chi connectivity index (χ0) is 15.5. The summed E-state index contributed by atoms with van der Waals surface area (Å²) >= 11 is 1.62. The number of amides is 1. The highest BCUT2D eigenvalue weighted by molar-refractivity contribution is 7.09. The molecule has 2 heterocycles. The predicted octanol–water partition coefficient (Wildman–Crippen LogP) is 2.85. The first-order valence-corrected chi connectivity index (χ1v) is 8.55. The standard InChI is InChI=1S/C17H21N3OS/c1-11-9-18-7-6-15(11)20-17(21)14-5-3-4-13(8-14)16-10-22-12(2)19-16/h3-5,8,10-11,15,18H,6-7,9H2,1-2H3,(H,20,21). The van der Waals surface area contributed by atoms with Gasteiger partial charge in [0, 0.05) is 22.5 Å². The molecule has 1 fully saturated rings. The summed E-state index contributed by atoms with van der Waals surface area (Å²) in [5, 5.41) is 9.59. The number of carbonyl (C=O) groups excluding carboxylic acids is 1. The summed E-state index contributed by atoms with van der Waals surface area (Å²) in [6.07, 6.45) is 0.984. The van der Waals surface area contributed by atoms with E-state index in [9.17, 15) is 4.79 Å². The molecule has 1 amide bonds. The van der Waals surface area contributed by atoms with E-state index in [1.807, 2.05) is 36.6 Å². The normalized spacial score (nSPS) is 21.5. The van der Waals surface area contributed by atoms with Crippen LogP contribution in [-0.4, -0.2) is 30.0 Å². The molecule has 1 aromatic heterocycles. The van der Waals surface area contributed by atoms with Crippen LogP contribution in [0.5, 0.6) is 0 Å². The van der Waals surface area contributed by atoms with E-state index in [1.165, 1.54) is 0 Å². The Morgan fingerprint density at radius 2 is 2.32 bits per heavy atom. The summed E-state index contributed by atoms with van der Waals surface area (Å²) in [7, 11) is 0. The molecule has 4 nitrogen and oxygen atoms in total. The predicted molar refractivity (Wildman–Crippen MR) is 90.2 cm³/mol. The number of aromatic nitrogens is 1. The largest absolute Gasteiger partial charge is 0.349 e. The Morgan fingerprint density at radius 1 is 1.45 bits per heavy atom. The Labute approximate surface area is 135 Å². The molecular weight excluding hydrogens is 294 g/mol. The number of rotatable bonds is 3. The summed E-state index contributed by atoms with van der Waals surface area (Å²) < 4.78 is 0. The average Bonchev–Trinajstić information content (AvgIpc) is 2.96. The fourth-order valence-electron chi connectivity index (χ4n) is 2.80. The minimum atomic E-state index is 0.00699. The molecular formula is C17H21N3OS. The van der Waals surface area contributed by atoms with Crippen molar-refractivity contribution in [2.75, 3.05) is 13.1 Å². The van der Waals surface area contributed by atoms with Gasteiger partial charge in [0.25, 0.3) is 5.91 Å². The maximum absolute atomic E-state index is 12.5. The molecule has 2 atom stereocenters. The smallest absolute Gasteiger partial charge is 0.251 e. The lowest BCUT2D eigenvalue weighted by Gasteiger charge is -2.30. The molecule has 116 valence electrons. The lowest BCUT2D eigenvalue weighted by molar-refractivity contribution is 0.0914. The molecule has 3 rings (SSSR count). The van der Waals surface area contributed by atoms with E-state index < -0.39 is 0 Å². The van der Waals surface area contributed by atoms with Crippen molar-refractivity contribution in [2.45, 2.75) is 26.3 Å². The SMILES string of the molecule is Cc1nc(-c2cccc(C(=O)NC3CCNCC3C)c2)cs1. The van der Waals surface area contributed by atoms with Crippen molar-refractivity contribution in [3.8, 4) is 11.3 Å². The van der Waals surface area contributed by atoms with E-state index in [-0.39, 0.29) is 11.9 Å². The van der Waals surface area contributed by atoms with Crippen LogP contribution in [0.1, 0.15) is 28.7 Å². The van der Waals surface area contributed by atoms with Gasteiger partial charge in [-0.25, -0.2) is 4.98 Å². The number of aryl methyl sites for hydroxylation is 1. The van der Waals surface area contributed by atoms with Crippen LogP contribution in [0.15, 0.2) is 29.6 Å². The molecule has 22 heavy (non-hydrogen) atoms. The van der Waals surface area contributed by atoms with Crippen molar-refractivity contribution in [3.63, 3.8) is 0 Å². The Hall–Kier alpha value is -1.72. The van der Waals surface area contributed by atoms with E-state index in [0.717, 1.165) is 35.8 Å². The Bertz CT molecular complexity index is 667. The summed E-state index contributed by atoms with van der Waals surface area (Å²) in [6, 6.07) is 7.96. The summed E-state index contributed by atoms with van der Waals surface area (Å²) in [4.78, 5) is 17.0. The summed E-state index contributed by atoms with van der Waals surface area (Å²) in [6.45, 7) is 6.09. The van der Waals surface area contributed by atoms with Gasteiger partial charge in [0.2, 0.25) is 0 Å². The van der Waals surface area contributed by atoms with Crippen LogP contribution in [0.3, 0.4) is 0 Å². The van der Waals surface area contributed by atoms with E-state index in [1.54, 1.807) is 11.3 Å². The highest BCUT2D eigenvalue weighted by Crippen LogP contribution is 2.22. The molecule has 1 aliphatic heterocycles. The maximum Gasteiger partial charge on any atom is 0.251 e. The molecule has 2 unspecified atom stereocenters. The number of hydrogen-bond donors (Lipinski definition) is 2. The molecule has 0 radical (unpaired) electrons. The quantitative estimate of drug-likeness (QED) is 0.916. The first-order chi connectivity index (χ1) is 10.6. The number of hydrogen-bond acceptors (Lipinski definition) is 4. The molecule has 1 aromatic carbocycles. The van der Waals surface area contributed by atoms with E-state index in [2.05, 4.69) is 22.5 Å². The van der Waals surface area contributed by atoms with Crippen LogP contribution in [0.2, 0.25) is 0 Å². The molecule has 0 bridgehead atoms. The van der Waals surface area contributed by atoms with Gasteiger partial charge in [0.1, 0.15) is 0 Å². The monoisotopic (exact) mass is 315 g/mol. The second kappa shape index (κ2) is 6.58. The van der Waals surface area contributed by atoms with Crippen molar-refractivity contribution in [1.29, 1.82) is 0 Å². The molecule has 2 N–H and O–H groups in total. The molecule has 1 aliphatic rings. The van der Waals surface area contributed by atoms with Gasteiger partial charge < -0.3 is 10.6 Å². The Morgan fingerprint density at radius 3 is 3.05 bits per heavy atom. The van der Waals surface area contributed by atoms with Crippen molar-refractivity contribution in [2.24, 2.45) is 5.92 Å². The Kier molecular flexibility index (Phi) is 4.55. The van der Waals surface area contributed by atoms with Crippen molar-refractivity contribution < 1.29 is 4.79 Å². The Balaban J connectivity index is 1.75. The average molecular weight is 315 g/mol. The van der Waals surface area contributed by atoms with Crippen LogP contribution in [0.25, 0.3) is 11.3 Å². The van der Waals surface area contributed by atoms with Crippen LogP contribution < -0.4 is 10.6 Å². The summed E-state index contributed by atoms with van der Waals surface area (Å²) in [5.74, 6) is 0.467. The fraction of sp³-hybridized carbons (Fsp3) is 0.412. The van der Waals surface area contributed by atoms with Crippen LogP contribution in [-0.2, 0) is 0 Å². The van der Waals surface area contributed by atoms with Gasteiger partial charge in [0.05, 0.1) is 10.7 Å². The van der Waals surface area contributed by atoms with Gasteiger partial charge in [-0.15, -0.1) is 11.3 Å². The first kappa shape index (κ1) is 15.2. The third kappa shape index (κ3) is 3.36. The minimum Gasteiger partial charge on any atom is -0.349 e. The number of carbonyl (C=O) groups is 1. The lowest BCUT2D eigenvalue weighted by atomic mass is 9.95. The van der Waals surface area contributed by atoms with Gasteiger partial charge in [-0.1, -0.05) is 19.1 Å². The number of piperidine rings is 1. The highest BCUT2D eigenvalue weighted by atomic mass is 32.1. The number of thiazole rings is 1. The van der Waals surface area contributed by atoms with Crippen molar-refractivity contribution in [1.82, 2.24) is 15.6 Å². The molecule has 0 saturated carbocycles. The van der Waals surface area contributed by atoms with Gasteiger partial charge >= 0.3 is 0 Å². The molecule has 1 saturated heterocycles. The third-order valence-electron chi connectivity index (χ3n) is 4.14. The summed E-state index contributed by atoms with van der Waals surface area (Å²) in [5.41, 5.74) is 2.64. The zero-order valence-electron chi connectivity index (χ0n) is 12.9. The second-order valence-electron chi connectivity index (χ2n) is 5.88. The fourth-order valence-corrected chi connectivity index (χ4v) is 3.42. The van der Waals surface area contributed by atoms with Gasteiger partial charge in [0.15, 0.2) is 0 Å². The van der Waals surface area contributed by atoms with Gasteiger partial charge in [-0.3, -0.25) is 4.79 Å². The van der Waals surface area contributed by atoms with E-state index in [0.29, 0.717) is 11.5 Å². The minimum absolute atomic E-state index is 0.00699. The van der Waals surface area contributed by atoms with E-state index in [4.69, 9.17) is 0 Å². The zero-order valence-corrected chi connectivity index (χ0v) is 13.7. The van der Waals surface area contributed by atoms with Crippen LogP contribution >= 0.6 is 11.3 Å². The van der Waals surface area contributed by atoms with Crippen LogP contribution in [0.4, 0.5) is 0 Å². The maximum atomic E-state index is 12.5. The third-order valence-corrected chi connectivity index (χ3v) is 4.91. The molecule has 2 aromatic rings. The molecule has 5 heteroatoms. The number of benzene rings is 1. The second-order valence-corrected chi connectivity index (χ2v) is 6.94. The topological polar surface area (TPSA) is 54.0 Å². The van der Waals surface area contributed by atoms with E-state index >= 15 is 0 Å². The van der Waals surface area contributed by atoms with Crippen molar-refractivity contribution in [3.05, 3.63) is 40.2 Å². The molecule has 0 aliphatic carbocycles. The van der Waals surface area contributed by atoms with Crippen molar-refractivity contribution >= 4 is 17.2 Å². The highest BCUT2D eigenvalue weighted by Gasteiger charge is 2.23. The van der Waals surface area contributed by atoms with Crippen LogP contribution in [0, 0.1) is 12.8 Å². The number of nitrogens with one attached hydrogen (secondary N) is 2. The lowest BCUT2D eigenvalue weighted by Crippen LogP contribution is -2.48. The number of nitrogens with zero attached hydrogens (tertiary/aromatic N) is 1. The van der Waals surface area contributed by atoms with Gasteiger partial charge in [-0.05, 0) is 44.5 Å².